The molecule has 3 heteroatoms. The van der Waals surface area contributed by atoms with Crippen LogP contribution in [-0.4, -0.2) is 24.3 Å². The SMILES string of the molecule is CCC(CC)[C@H](O)CC(=O)OC. The van der Waals surface area contributed by atoms with Crippen LogP contribution in [0.2, 0.25) is 0 Å². The van der Waals surface area contributed by atoms with Gasteiger partial charge in [-0.25, -0.2) is 0 Å². The number of esters is 1. The summed E-state index contributed by atoms with van der Waals surface area (Å²) in [6.45, 7) is 4.02. The molecular formula is C9H18O3. The Labute approximate surface area is 73.7 Å². The van der Waals surface area contributed by atoms with Gasteiger partial charge in [0.25, 0.3) is 0 Å². The van der Waals surface area contributed by atoms with Crippen LogP contribution in [0.3, 0.4) is 0 Å². The van der Waals surface area contributed by atoms with Gasteiger partial charge in [-0.15, -0.1) is 0 Å². The molecule has 0 saturated heterocycles. The van der Waals surface area contributed by atoms with Gasteiger partial charge >= 0.3 is 5.97 Å². The Balaban J connectivity index is 3.83. The Bertz CT molecular complexity index is 130. The molecule has 0 rings (SSSR count). The van der Waals surface area contributed by atoms with Gasteiger partial charge < -0.3 is 9.84 Å². The number of aliphatic hydroxyl groups is 1. The second kappa shape index (κ2) is 6.00. The summed E-state index contributed by atoms with van der Waals surface area (Å²) in [5, 5.41) is 9.51. The third kappa shape index (κ3) is 3.72. The van der Waals surface area contributed by atoms with Gasteiger partial charge in [-0.1, -0.05) is 26.7 Å². The van der Waals surface area contributed by atoms with E-state index in [1.54, 1.807) is 0 Å². The van der Waals surface area contributed by atoms with Crippen molar-refractivity contribution in [3.63, 3.8) is 0 Å². The van der Waals surface area contributed by atoms with Crippen molar-refractivity contribution in [2.45, 2.75) is 39.2 Å². The normalized spacial score (nSPS) is 13.1. The lowest BCUT2D eigenvalue weighted by Gasteiger charge is -2.18. The van der Waals surface area contributed by atoms with E-state index in [-0.39, 0.29) is 18.3 Å². The zero-order valence-corrected chi connectivity index (χ0v) is 8.04. The fraction of sp³-hybridized carbons (Fsp3) is 0.889. The van der Waals surface area contributed by atoms with Crippen LogP contribution in [0.15, 0.2) is 0 Å². The van der Waals surface area contributed by atoms with E-state index in [0.717, 1.165) is 12.8 Å². The smallest absolute Gasteiger partial charge is 0.308 e. The van der Waals surface area contributed by atoms with Gasteiger partial charge in [0.05, 0.1) is 19.6 Å². The highest BCUT2D eigenvalue weighted by Gasteiger charge is 2.18. The number of hydrogen-bond acceptors (Lipinski definition) is 3. The predicted molar refractivity (Wildman–Crippen MR) is 46.7 cm³/mol. The molecule has 0 aliphatic heterocycles. The van der Waals surface area contributed by atoms with Crippen molar-refractivity contribution >= 4 is 5.97 Å². The molecule has 0 saturated carbocycles. The Kier molecular flexibility index (Phi) is 5.72. The first-order valence-electron chi connectivity index (χ1n) is 4.40. The Morgan fingerprint density at radius 3 is 2.25 bits per heavy atom. The van der Waals surface area contributed by atoms with Crippen molar-refractivity contribution in [2.75, 3.05) is 7.11 Å². The molecule has 0 aliphatic carbocycles. The van der Waals surface area contributed by atoms with E-state index < -0.39 is 6.10 Å². The molecule has 3 nitrogen and oxygen atoms in total. The molecule has 0 unspecified atom stereocenters. The highest BCUT2D eigenvalue weighted by molar-refractivity contribution is 5.69. The summed E-state index contributed by atoms with van der Waals surface area (Å²) in [5.41, 5.74) is 0. The zero-order valence-electron chi connectivity index (χ0n) is 8.04. The standard InChI is InChI=1S/C9H18O3/c1-4-7(5-2)8(10)6-9(11)12-3/h7-8,10H,4-6H2,1-3H3/t8-/m1/s1. The van der Waals surface area contributed by atoms with Gasteiger partial charge in [-0.3, -0.25) is 4.79 Å². The van der Waals surface area contributed by atoms with E-state index in [2.05, 4.69) is 4.74 Å². The first-order chi connectivity index (χ1) is 5.65. The minimum absolute atomic E-state index is 0.114. The van der Waals surface area contributed by atoms with Crippen molar-refractivity contribution in [1.29, 1.82) is 0 Å². The summed E-state index contributed by atoms with van der Waals surface area (Å²) in [5.74, 6) is -0.126. The first-order valence-corrected chi connectivity index (χ1v) is 4.40. The third-order valence-electron chi connectivity index (χ3n) is 2.20. The molecule has 0 aromatic heterocycles. The summed E-state index contributed by atoms with van der Waals surface area (Å²) in [7, 11) is 1.34. The molecule has 0 aromatic rings. The summed E-state index contributed by atoms with van der Waals surface area (Å²) >= 11 is 0. The molecule has 0 radical (unpaired) electrons. The van der Waals surface area contributed by atoms with E-state index in [0.29, 0.717) is 0 Å². The Hall–Kier alpha value is -0.570. The number of ether oxygens (including phenoxy) is 1. The quantitative estimate of drug-likeness (QED) is 0.640. The lowest BCUT2D eigenvalue weighted by molar-refractivity contribution is -0.143. The van der Waals surface area contributed by atoms with Gasteiger partial charge in [0.1, 0.15) is 0 Å². The van der Waals surface area contributed by atoms with E-state index in [4.69, 9.17) is 0 Å². The summed E-state index contributed by atoms with van der Waals surface area (Å²) in [4.78, 5) is 10.8. The van der Waals surface area contributed by atoms with Crippen molar-refractivity contribution < 1.29 is 14.6 Å². The maximum absolute atomic E-state index is 10.8. The number of carbonyl (C=O) groups excluding carboxylic acids is 1. The molecule has 0 bridgehead atoms. The van der Waals surface area contributed by atoms with Gasteiger partial charge in [0, 0.05) is 0 Å². The lowest BCUT2D eigenvalue weighted by Crippen LogP contribution is -2.23. The number of aliphatic hydroxyl groups excluding tert-OH is 1. The fourth-order valence-corrected chi connectivity index (χ4v) is 1.25. The molecule has 1 N–H and O–H groups in total. The second-order valence-corrected chi connectivity index (χ2v) is 2.92. The molecule has 1 atom stereocenters. The van der Waals surface area contributed by atoms with Gasteiger partial charge in [-0.2, -0.15) is 0 Å². The zero-order chi connectivity index (χ0) is 9.56. The van der Waals surface area contributed by atoms with E-state index in [9.17, 15) is 9.90 Å². The third-order valence-corrected chi connectivity index (χ3v) is 2.20. The fourth-order valence-electron chi connectivity index (χ4n) is 1.25. The van der Waals surface area contributed by atoms with Gasteiger partial charge in [0.15, 0.2) is 0 Å². The van der Waals surface area contributed by atoms with Crippen LogP contribution in [-0.2, 0) is 9.53 Å². The minimum atomic E-state index is -0.549. The lowest BCUT2D eigenvalue weighted by atomic mass is 9.94. The van der Waals surface area contributed by atoms with Crippen LogP contribution in [0.4, 0.5) is 0 Å². The predicted octanol–water partition coefficient (Wildman–Crippen LogP) is 1.35. The van der Waals surface area contributed by atoms with Crippen molar-refractivity contribution in [3.05, 3.63) is 0 Å². The summed E-state index contributed by atoms with van der Waals surface area (Å²) in [6.07, 6.45) is 1.36. The van der Waals surface area contributed by atoms with Crippen LogP contribution in [0, 0.1) is 5.92 Å². The van der Waals surface area contributed by atoms with Crippen LogP contribution in [0.1, 0.15) is 33.1 Å². The average Bonchev–Trinajstić information content (AvgIpc) is 2.06. The summed E-state index contributed by atoms with van der Waals surface area (Å²) < 4.78 is 4.46. The minimum Gasteiger partial charge on any atom is -0.469 e. The second-order valence-electron chi connectivity index (χ2n) is 2.92. The number of methoxy groups -OCH3 is 1. The Morgan fingerprint density at radius 2 is 1.92 bits per heavy atom. The molecule has 0 amide bonds. The molecular weight excluding hydrogens is 156 g/mol. The summed E-state index contributed by atoms with van der Waals surface area (Å²) in [6, 6.07) is 0. The Morgan fingerprint density at radius 1 is 1.42 bits per heavy atom. The molecule has 0 heterocycles. The van der Waals surface area contributed by atoms with E-state index in [1.807, 2.05) is 13.8 Å². The van der Waals surface area contributed by atoms with Gasteiger partial charge in [0.2, 0.25) is 0 Å². The largest absolute Gasteiger partial charge is 0.469 e. The number of carbonyl (C=O) groups is 1. The molecule has 0 aliphatic rings. The maximum Gasteiger partial charge on any atom is 0.308 e. The van der Waals surface area contributed by atoms with E-state index in [1.165, 1.54) is 7.11 Å². The monoisotopic (exact) mass is 174 g/mol. The number of hydrogen-bond donors (Lipinski definition) is 1. The van der Waals surface area contributed by atoms with Crippen LogP contribution >= 0.6 is 0 Å². The number of rotatable bonds is 5. The maximum atomic E-state index is 10.8. The topological polar surface area (TPSA) is 46.5 Å². The van der Waals surface area contributed by atoms with Crippen molar-refractivity contribution in [3.8, 4) is 0 Å². The molecule has 72 valence electrons. The molecule has 12 heavy (non-hydrogen) atoms. The van der Waals surface area contributed by atoms with Crippen molar-refractivity contribution in [1.82, 2.24) is 0 Å². The van der Waals surface area contributed by atoms with E-state index >= 15 is 0 Å². The van der Waals surface area contributed by atoms with Gasteiger partial charge in [-0.05, 0) is 5.92 Å². The highest BCUT2D eigenvalue weighted by Crippen LogP contribution is 2.15. The molecule has 0 fully saturated rings. The molecule has 0 aromatic carbocycles. The van der Waals surface area contributed by atoms with Crippen LogP contribution in [0.5, 0.6) is 0 Å². The van der Waals surface area contributed by atoms with Crippen molar-refractivity contribution in [2.24, 2.45) is 5.92 Å². The first kappa shape index (κ1) is 11.4. The van der Waals surface area contributed by atoms with Crippen LogP contribution < -0.4 is 0 Å². The molecule has 0 spiro atoms. The highest BCUT2D eigenvalue weighted by atomic mass is 16.5. The van der Waals surface area contributed by atoms with Crippen LogP contribution in [0.25, 0.3) is 0 Å². The average molecular weight is 174 g/mol.